The molecule has 0 radical (unpaired) electrons. The Balaban J connectivity index is 1.52. The molecular formula is C17H17FN4O. The number of hydrogen-bond donors (Lipinski definition) is 2. The van der Waals surface area contributed by atoms with Gasteiger partial charge < -0.3 is 9.88 Å². The molecule has 23 heavy (non-hydrogen) atoms. The molecule has 1 aromatic carbocycles. The molecule has 5 nitrogen and oxygen atoms in total. The van der Waals surface area contributed by atoms with Crippen molar-refractivity contribution in [2.24, 2.45) is 0 Å². The molecule has 0 amide bonds. The zero-order valence-corrected chi connectivity index (χ0v) is 12.6. The molecule has 0 saturated carbocycles. The summed E-state index contributed by atoms with van der Waals surface area (Å²) >= 11 is 0. The van der Waals surface area contributed by atoms with Crippen LogP contribution in [-0.4, -0.2) is 28.3 Å². The third kappa shape index (κ3) is 2.60. The first-order valence-corrected chi connectivity index (χ1v) is 7.77. The van der Waals surface area contributed by atoms with Crippen molar-refractivity contribution in [1.29, 1.82) is 0 Å². The number of nitrogens with zero attached hydrogens (tertiary/aromatic N) is 2. The predicted molar refractivity (Wildman–Crippen MR) is 87.3 cm³/mol. The number of benzene rings is 1. The van der Waals surface area contributed by atoms with Gasteiger partial charge in [0.15, 0.2) is 0 Å². The van der Waals surface area contributed by atoms with Gasteiger partial charge in [-0.2, -0.15) is 5.10 Å². The molecule has 1 aliphatic heterocycles. The Kier molecular flexibility index (Phi) is 3.37. The summed E-state index contributed by atoms with van der Waals surface area (Å²) in [5.74, 6) is 1.07. The van der Waals surface area contributed by atoms with Crippen molar-refractivity contribution in [3.63, 3.8) is 0 Å². The molecule has 118 valence electrons. The molecule has 2 aromatic heterocycles. The highest BCUT2D eigenvalue weighted by molar-refractivity contribution is 5.79. The summed E-state index contributed by atoms with van der Waals surface area (Å²) in [4.78, 5) is 17.2. The standard InChI is InChI=1S/C17H17FN4O/c18-13-3-1-11(2-4-13)12-5-7-22(8-6-12)16-9-15-14(10-19-21-15)17(23)20-16/h1-4,9-10,12H,5-8H2,(H,19,21)(H,20,23). The average Bonchev–Trinajstić information content (AvgIpc) is 3.05. The Bertz CT molecular complexity index is 875. The van der Waals surface area contributed by atoms with Crippen LogP contribution in [0.4, 0.5) is 10.2 Å². The van der Waals surface area contributed by atoms with Crippen molar-refractivity contribution in [3.05, 3.63) is 58.3 Å². The summed E-state index contributed by atoms with van der Waals surface area (Å²) in [5, 5.41) is 7.34. The van der Waals surface area contributed by atoms with E-state index in [0.717, 1.165) is 37.3 Å². The van der Waals surface area contributed by atoms with Gasteiger partial charge >= 0.3 is 0 Å². The van der Waals surface area contributed by atoms with Gasteiger partial charge in [0, 0.05) is 19.2 Å². The van der Waals surface area contributed by atoms with E-state index in [2.05, 4.69) is 20.1 Å². The van der Waals surface area contributed by atoms with E-state index in [1.54, 1.807) is 6.20 Å². The third-order valence-electron chi connectivity index (χ3n) is 4.61. The van der Waals surface area contributed by atoms with E-state index < -0.39 is 0 Å². The number of pyridine rings is 1. The number of rotatable bonds is 2. The Hall–Kier alpha value is -2.63. The number of hydrogen-bond acceptors (Lipinski definition) is 3. The van der Waals surface area contributed by atoms with E-state index >= 15 is 0 Å². The van der Waals surface area contributed by atoms with Crippen molar-refractivity contribution in [1.82, 2.24) is 15.2 Å². The van der Waals surface area contributed by atoms with Crippen molar-refractivity contribution in [3.8, 4) is 0 Å². The summed E-state index contributed by atoms with van der Waals surface area (Å²) in [5.41, 5.74) is 1.82. The van der Waals surface area contributed by atoms with Gasteiger partial charge in [-0.3, -0.25) is 9.89 Å². The molecule has 1 saturated heterocycles. The van der Waals surface area contributed by atoms with E-state index in [1.165, 1.54) is 17.7 Å². The molecule has 0 bridgehead atoms. The van der Waals surface area contributed by atoms with E-state index in [1.807, 2.05) is 18.2 Å². The predicted octanol–water partition coefficient (Wildman–Crippen LogP) is 2.77. The molecule has 3 heterocycles. The minimum absolute atomic E-state index is 0.119. The van der Waals surface area contributed by atoms with Crippen LogP contribution in [-0.2, 0) is 0 Å². The number of aromatic amines is 2. The van der Waals surface area contributed by atoms with Crippen molar-refractivity contribution >= 4 is 16.7 Å². The van der Waals surface area contributed by atoms with Crippen LogP contribution in [0, 0.1) is 5.82 Å². The second-order valence-corrected chi connectivity index (χ2v) is 5.99. The Morgan fingerprint density at radius 3 is 2.65 bits per heavy atom. The first-order valence-electron chi connectivity index (χ1n) is 7.77. The fourth-order valence-corrected chi connectivity index (χ4v) is 3.30. The van der Waals surface area contributed by atoms with E-state index in [4.69, 9.17) is 0 Å². The van der Waals surface area contributed by atoms with Crippen LogP contribution >= 0.6 is 0 Å². The smallest absolute Gasteiger partial charge is 0.260 e. The third-order valence-corrected chi connectivity index (χ3v) is 4.61. The normalized spacial score (nSPS) is 16.1. The minimum atomic E-state index is -0.198. The highest BCUT2D eigenvalue weighted by Crippen LogP contribution is 2.30. The van der Waals surface area contributed by atoms with Crippen LogP contribution < -0.4 is 10.5 Å². The molecule has 3 aromatic rings. The minimum Gasteiger partial charge on any atom is -0.358 e. The number of anilines is 1. The summed E-state index contributed by atoms with van der Waals surface area (Å²) in [6.45, 7) is 1.72. The maximum atomic E-state index is 13.0. The lowest BCUT2D eigenvalue weighted by atomic mass is 9.89. The maximum Gasteiger partial charge on any atom is 0.260 e. The van der Waals surface area contributed by atoms with E-state index in [9.17, 15) is 9.18 Å². The Labute approximate surface area is 132 Å². The molecule has 0 spiro atoms. The summed E-state index contributed by atoms with van der Waals surface area (Å²) in [6, 6.07) is 8.71. The summed E-state index contributed by atoms with van der Waals surface area (Å²) < 4.78 is 13.0. The van der Waals surface area contributed by atoms with Crippen LogP contribution in [0.25, 0.3) is 10.9 Å². The number of H-pyrrole nitrogens is 2. The first-order chi connectivity index (χ1) is 11.2. The fourth-order valence-electron chi connectivity index (χ4n) is 3.30. The second kappa shape index (κ2) is 5.53. The van der Waals surface area contributed by atoms with Crippen LogP contribution in [0.1, 0.15) is 24.3 Å². The molecule has 1 fully saturated rings. The van der Waals surface area contributed by atoms with Gasteiger partial charge in [0.25, 0.3) is 5.56 Å². The largest absolute Gasteiger partial charge is 0.358 e. The summed E-state index contributed by atoms with van der Waals surface area (Å²) in [7, 11) is 0. The van der Waals surface area contributed by atoms with Crippen LogP contribution in [0.2, 0.25) is 0 Å². The fraction of sp³-hybridized carbons (Fsp3) is 0.294. The van der Waals surface area contributed by atoms with E-state index in [0.29, 0.717) is 11.3 Å². The Morgan fingerprint density at radius 2 is 1.91 bits per heavy atom. The monoisotopic (exact) mass is 312 g/mol. The van der Waals surface area contributed by atoms with Crippen molar-refractivity contribution in [2.75, 3.05) is 18.0 Å². The molecular weight excluding hydrogens is 295 g/mol. The molecule has 4 rings (SSSR count). The van der Waals surface area contributed by atoms with Crippen molar-refractivity contribution < 1.29 is 4.39 Å². The zero-order valence-electron chi connectivity index (χ0n) is 12.6. The second-order valence-electron chi connectivity index (χ2n) is 5.99. The number of aromatic nitrogens is 3. The molecule has 0 unspecified atom stereocenters. The first kappa shape index (κ1) is 14.0. The lowest BCUT2D eigenvalue weighted by molar-refractivity contribution is 0.501. The van der Waals surface area contributed by atoms with Crippen molar-refractivity contribution in [2.45, 2.75) is 18.8 Å². The Morgan fingerprint density at radius 1 is 1.17 bits per heavy atom. The molecule has 1 aliphatic rings. The van der Waals surface area contributed by atoms with Gasteiger partial charge in [-0.1, -0.05) is 12.1 Å². The number of nitrogens with one attached hydrogen (secondary N) is 2. The molecule has 0 atom stereocenters. The quantitative estimate of drug-likeness (QED) is 0.765. The van der Waals surface area contributed by atoms with Gasteiger partial charge in [0.1, 0.15) is 11.6 Å². The topological polar surface area (TPSA) is 64.8 Å². The lowest BCUT2D eigenvalue weighted by Gasteiger charge is -2.33. The molecule has 0 aliphatic carbocycles. The van der Waals surface area contributed by atoms with Gasteiger partial charge in [-0.25, -0.2) is 4.39 Å². The summed E-state index contributed by atoms with van der Waals surface area (Å²) in [6.07, 6.45) is 3.50. The highest BCUT2D eigenvalue weighted by atomic mass is 19.1. The molecule has 2 N–H and O–H groups in total. The lowest BCUT2D eigenvalue weighted by Crippen LogP contribution is -2.34. The van der Waals surface area contributed by atoms with E-state index in [-0.39, 0.29) is 11.4 Å². The van der Waals surface area contributed by atoms with Gasteiger partial charge in [0.2, 0.25) is 0 Å². The molecule has 6 heteroatoms. The van der Waals surface area contributed by atoms with Gasteiger partial charge in [-0.05, 0) is 36.5 Å². The van der Waals surface area contributed by atoms with Crippen LogP contribution in [0.3, 0.4) is 0 Å². The number of halogens is 1. The SMILES string of the molecule is O=c1[nH]c(N2CCC(c3ccc(F)cc3)CC2)cc2[nH]ncc12. The van der Waals surface area contributed by atoms with Gasteiger partial charge in [-0.15, -0.1) is 0 Å². The van der Waals surface area contributed by atoms with Gasteiger partial charge in [0.05, 0.1) is 17.1 Å². The highest BCUT2D eigenvalue weighted by Gasteiger charge is 2.21. The zero-order chi connectivity index (χ0) is 15.8. The van der Waals surface area contributed by atoms with Crippen LogP contribution in [0.5, 0.6) is 0 Å². The number of piperidine rings is 1. The maximum absolute atomic E-state index is 13.0. The number of fused-ring (bicyclic) bond motifs is 1. The average molecular weight is 312 g/mol. The van der Waals surface area contributed by atoms with Crippen LogP contribution in [0.15, 0.2) is 41.3 Å².